The maximum absolute atomic E-state index is 12.2. The van der Waals surface area contributed by atoms with E-state index in [9.17, 15) is 4.79 Å². The molecular weight excluding hydrogens is 236 g/mol. The topological polar surface area (TPSA) is 32.3 Å². The van der Waals surface area contributed by atoms with Gasteiger partial charge in [0.15, 0.2) is 0 Å². The zero-order valence-electron chi connectivity index (χ0n) is 9.95. The molecule has 1 N–H and O–H groups in total. The Kier molecular flexibility index (Phi) is 4.02. The predicted octanol–water partition coefficient (Wildman–Crippen LogP) is 2.30. The Hall–Kier alpha value is -1.06. The van der Waals surface area contributed by atoms with Gasteiger partial charge in [-0.3, -0.25) is 4.79 Å². The molecule has 1 aliphatic heterocycles. The lowest BCUT2D eigenvalue weighted by Crippen LogP contribution is -2.43. The SMILES string of the molecule is CC1CNCCCN(c2ccc(Cl)cc2)C1=O. The Morgan fingerprint density at radius 1 is 1.35 bits per heavy atom. The maximum Gasteiger partial charge on any atom is 0.231 e. The molecule has 0 bridgehead atoms. The quantitative estimate of drug-likeness (QED) is 0.832. The van der Waals surface area contributed by atoms with Crippen LogP contribution in [0, 0.1) is 5.92 Å². The highest BCUT2D eigenvalue weighted by molar-refractivity contribution is 6.30. The molecule has 0 spiro atoms. The van der Waals surface area contributed by atoms with Gasteiger partial charge in [0.25, 0.3) is 0 Å². The molecular formula is C13H17ClN2O. The second-order valence-corrected chi connectivity index (χ2v) is 4.86. The van der Waals surface area contributed by atoms with Crippen molar-refractivity contribution < 1.29 is 4.79 Å². The molecule has 1 unspecified atom stereocenters. The minimum absolute atomic E-state index is 0.0194. The molecule has 92 valence electrons. The van der Waals surface area contributed by atoms with Gasteiger partial charge in [0.2, 0.25) is 5.91 Å². The van der Waals surface area contributed by atoms with E-state index in [0.29, 0.717) is 5.02 Å². The summed E-state index contributed by atoms with van der Waals surface area (Å²) in [5.41, 5.74) is 0.938. The Bertz CT molecular complexity index is 391. The molecule has 1 saturated heterocycles. The number of nitrogens with one attached hydrogen (secondary N) is 1. The first-order valence-corrected chi connectivity index (χ1v) is 6.34. The van der Waals surface area contributed by atoms with E-state index in [1.54, 1.807) is 0 Å². The van der Waals surface area contributed by atoms with Gasteiger partial charge in [-0.15, -0.1) is 0 Å². The first-order valence-electron chi connectivity index (χ1n) is 5.96. The lowest BCUT2D eigenvalue weighted by atomic mass is 10.1. The number of rotatable bonds is 1. The standard InChI is InChI=1S/C13H17ClN2O/c1-10-9-15-7-2-8-16(13(10)17)12-5-3-11(14)4-6-12/h3-6,10,15H,2,7-9H2,1H3. The molecule has 0 aromatic heterocycles. The van der Waals surface area contributed by atoms with Gasteiger partial charge in [-0.1, -0.05) is 18.5 Å². The molecule has 0 radical (unpaired) electrons. The number of carbonyl (C=O) groups is 1. The molecule has 2 rings (SSSR count). The Labute approximate surface area is 107 Å². The van der Waals surface area contributed by atoms with E-state index in [1.165, 1.54) is 0 Å². The van der Waals surface area contributed by atoms with Crippen LogP contribution >= 0.6 is 11.6 Å². The number of halogens is 1. The third-order valence-electron chi connectivity index (χ3n) is 3.01. The van der Waals surface area contributed by atoms with Crippen LogP contribution in [0.1, 0.15) is 13.3 Å². The number of nitrogens with zero attached hydrogens (tertiary/aromatic N) is 1. The van der Waals surface area contributed by atoms with Gasteiger partial charge >= 0.3 is 0 Å². The maximum atomic E-state index is 12.2. The summed E-state index contributed by atoms with van der Waals surface area (Å²) in [6.45, 7) is 4.44. The van der Waals surface area contributed by atoms with Gasteiger partial charge < -0.3 is 10.2 Å². The van der Waals surface area contributed by atoms with Crippen LogP contribution in [-0.2, 0) is 4.79 Å². The van der Waals surface area contributed by atoms with Crippen LogP contribution in [0.4, 0.5) is 5.69 Å². The zero-order chi connectivity index (χ0) is 12.3. The monoisotopic (exact) mass is 252 g/mol. The summed E-state index contributed by atoms with van der Waals surface area (Å²) in [5.74, 6) is 0.200. The van der Waals surface area contributed by atoms with Crippen LogP contribution in [0.3, 0.4) is 0 Å². The molecule has 1 fully saturated rings. The van der Waals surface area contributed by atoms with Crippen LogP contribution in [0.5, 0.6) is 0 Å². The number of benzene rings is 1. The van der Waals surface area contributed by atoms with Crippen LogP contribution in [0.2, 0.25) is 5.02 Å². The summed E-state index contributed by atoms with van der Waals surface area (Å²) >= 11 is 5.86. The van der Waals surface area contributed by atoms with Crippen molar-refractivity contribution in [1.29, 1.82) is 0 Å². The molecule has 0 aliphatic carbocycles. The fourth-order valence-corrected chi connectivity index (χ4v) is 2.15. The van der Waals surface area contributed by atoms with E-state index < -0.39 is 0 Å². The Morgan fingerprint density at radius 3 is 2.76 bits per heavy atom. The van der Waals surface area contributed by atoms with Crippen LogP contribution < -0.4 is 10.2 Å². The van der Waals surface area contributed by atoms with Crippen molar-refractivity contribution in [3.05, 3.63) is 29.3 Å². The Balaban J connectivity index is 2.21. The molecule has 17 heavy (non-hydrogen) atoms. The van der Waals surface area contributed by atoms with Crippen molar-refractivity contribution in [1.82, 2.24) is 5.32 Å². The molecule has 1 aromatic rings. The molecule has 1 heterocycles. The summed E-state index contributed by atoms with van der Waals surface area (Å²) in [4.78, 5) is 14.1. The fraction of sp³-hybridized carbons (Fsp3) is 0.462. The fourth-order valence-electron chi connectivity index (χ4n) is 2.02. The predicted molar refractivity (Wildman–Crippen MR) is 70.5 cm³/mol. The third kappa shape index (κ3) is 2.99. The van der Waals surface area contributed by atoms with E-state index in [1.807, 2.05) is 36.1 Å². The largest absolute Gasteiger partial charge is 0.316 e. The van der Waals surface area contributed by atoms with Crippen molar-refractivity contribution in [3.63, 3.8) is 0 Å². The molecule has 3 nitrogen and oxygen atoms in total. The highest BCUT2D eigenvalue weighted by Crippen LogP contribution is 2.20. The van der Waals surface area contributed by atoms with E-state index in [2.05, 4.69) is 5.32 Å². The van der Waals surface area contributed by atoms with Crippen molar-refractivity contribution >= 4 is 23.2 Å². The van der Waals surface area contributed by atoms with Crippen molar-refractivity contribution in [2.45, 2.75) is 13.3 Å². The van der Waals surface area contributed by atoms with Gasteiger partial charge in [-0.05, 0) is 37.2 Å². The number of carbonyl (C=O) groups excluding carboxylic acids is 1. The minimum Gasteiger partial charge on any atom is -0.316 e. The number of anilines is 1. The normalized spacial score (nSPS) is 22.1. The Morgan fingerprint density at radius 2 is 2.06 bits per heavy atom. The molecule has 0 saturated carbocycles. The number of hydrogen-bond acceptors (Lipinski definition) is 2. The van der Waals surface area contributed by atoms with Crippen LogP contribution in [-0.4, -0.2) is 25.5 Å². The molecule has 1 aliphatic rings. The lowest BCUT2D eigenvalue weighted by Gasteiger charge is -2.28. The summed E-state index contributed by atoms with van der Waals surface area (Å²) in [7, 11) is 0. The lowest BCUT2D eigenvalue weighted by molar-refractivity contribution is -0.122. The van der Waals surface area contributed by atoms with Gasteiger partial charge in [0.1, 0.15) is 0 Å². The van der Waals surface area contributed by atoms with E-state index in [0.717, 1.165) is 31.7 Å². The summed E-state index contributed by atoms with van der Waals surface area (Å²) in [6, 6.07) is 7.46. The van der Waals surface area contributed by atoms with E-state index >= 15 is 0 Å². The molecule has 4 heteroatoms. The minimum atomic E-state index is 0.0194. The molecule has 1 amide bonds. The second kappa shape index (κ2) is 5.52. The van der Waals surface area contributed by atoms with Gasteiger partial charge in [-0.2, -0.15) is 0 Å². The summed E-state index contributed by atoms with van der Waals surface area (Å²) in [6.07, 6.45) is 0.973. The van der Waals surface area contributed by atoms with Crippen LogP contribution in [0.15, 0.2) is 24.3 Å². The highest BCUT2D eigenvalue weighted by Gasteiger charge is 2.23. The van der Waals surface area contributed by atoms with E-state index in [4.69, 9.17) is 11.6 Å². The first-order chi connectivity index (χ1) is 8.18. The van der Waals surface area contributed by atoms with Crippen LogP contribution in [0.25, 0.3) is 0 Å². The van der Waals surface area contributed by atoms with Gasteiger partial charge in [0, 0.05) is 29.7 Å². The third-order valence-corrected chi connectivity index (χ3v) is 3.26. The smallest absolute Gasteiger partial charge is 0.231 e. The van der Waals surface area contributed by atoms with E-state index in [-0.39, 0.29) is 11.8 Å². The molecule has 1 atom stereocenters. The molecule has 1 aromatic carbocycles. The number of hydrogen-bond donors (Lipinski definition) is 1. The van der Waals surface area contributed by atoms with Crippen molar-refractivity contribution in [2.75, 3.05) is 24.5 Å². The zero-order valence-corrected chi connectivity index (χ0v) is 10.7. The first kappa shape index (κ1) is 12.4. The average molecular weight is 253 g/mol. The van der Waals surface area contributed by atoms with Crippen molar-refractivity contribution in [3.8, 4) is 0 Å². The summed E-state index contributed by atoms with van der Waals surface area (Å²) < 4.78 is 0. The second-order valence-electron chi connectivity index (χ2n) is 4.43. The average Bonchev–Trinajstić information content (AvgIpc) is 2.32. The number of amides is 1. The highest BCUT2D eigenvalue weighted by atomic mass is 35.5. The van der Waals surface area contributed by atoms with Gasteiger partial charge in [0.05, 0.1) is 0 Å². The van der Waals surface area contributed by atoms with Gasteiger partial charge in [-0.25, -0.2) is 0 Å². The van der Waals surface area contributed by atoms with Crippen molar-refractivity contribution in [2.24, 2.45) is 5.92 Å². The summed E-state index contributed by atoms with van der Waals surface area (Å²) in [5, 5.41) is 3.98.